The molecule has 0 aliphatic heterocycles. The quantitative estimate of drug-likeness (QED) is 0.596. The van der Waals surface area contributed by atoms with E-state index in [2.05, 4.69) is 10.6 Å². The van der Waals surface area contributed by atoms with E-state index in [4.69, 9.17) is 9.84 Å². The van der Waals surface area contributed by atoms with Crippen molar-refractivity contribution in [1.82, 2.24) is 5.32 Å². The third-order valence-corrected chi connectivity index (χ3v) is 3.38. The Labute approximate surface area is 153 Å². The van der Waals surface area contributed by atoms with Gasteiger partial charge >= 0.3 is 12.1 Å². The van der Waals surface area contributed by atoms with Crippen molar-refractivity contribution in [3.8, 4) is 0 Å². The summed E-state index contributed by atoms with van der Waals surface area (Å²) in [6.07, 6.45) is -3.25. The maximum absolute atomic E-state index is 13.1. The highest BCUT2D eigenvalue weighted by atomic mass is 19.1. The molecule has 0 saturated carbocycles. The van der Waals surface area contributed by atoms with Crippen LogP contribution < -0.4 is 10.6 Å². The van der Waals surface area contributed by atoms with Gasteiger partial charge in [0.2, 0.25) is 0 Å². The third-order valence-electron chi connectivity index (χ3n) is 3.38. The molecule has 1 aromatic carbocycles. The predicted molar refractivity (Wildman–Crippen MR) is 90.3 cm³/mol. The normalized spacial score (nSPS) is 12.8. The van der Waals surface area contributed by atoms with Gasteiger partial charge < -0.3 is 15.2 Å². The molecule has 0 aliphatic rings. The molecule has 10 heteroatoms. The first kappa shape index (κ1) is 22.0. The van der Waals surface area contributed by atoms with Gasteiger partial charge in [0.25, 0.3) is 5.91 Å². The van der Waals surface area contributed by atoms with Gasteiger partial charge in [-0.05, 0) is 24.1 Å². The third kappa shape index (κ3) is 7.38. The van der Waals surface area contributed by atoms with Crippen molar-refractivity contribution in [3.05, 3.63) is 30.1 Å². The molecule has 2 unspecified atom stereocenters. The second-order valence-electron chi connectivity index (χ2n) is 5.96. The van der Waals surface area contributed by atoms with Crippen molar-refractivity contribution in [3.63, 3.8) is 0 Å². The number of Topliss-reactive ketones (excluding diaryl/α,β-unsaturated/α-hetero) is 1. The number of halogens is 2. The average Bonchev–Trinajstić information content (AvgIpc) is 2.57. The largest absolute Gasteiger partial charge is 0.481 e. The summed E-state index contributed by atoms with van der Waals surface area (Å²) in [5.74, 6) is -4.61. The molecule has 0 bridgehead atoms. The number of carbonyl (C=O) groups excluding carboxylic acids is 3. The topological polar surface area (TPSA) is 122 Å². The minimum Gasteiger partial charge on any atom is -0.481 e. The summed E-state index contributed by atoms with van der Waals surface area (Å²) < 4.78 is 30.7. The highest BCUT2D eigenvalue weighted by molar-refractivity contribution is 5.94. The monoisotopic (exact) mass is 386 g/mol. The Morgan fingerprint density at radius 3 is 2.41 bits per heavy atom. The molecule has 0 aliphatic carbocycles. The van der Waals surface area contributed by atoms with E-state index in [0.717, 1.165) is 6.07 Å². The molecular formula is C17H20F2N2O6. The van der Waals surface area contributed by atoms with Gasteiger partial charge in [-0.3, -0.25) is 19.7 Å². The minimum atomic E-state index is -1.59. The number of ketones is 1. The van der Waals surface area contributed by atoms with Gasteiger partial charge in [0, 0.05) is 5.69 Å². The molecule has 0 aromatic heterocycles. The molecule has 1 rings (SSSR count). The van der Waals surface area contributed by atoms with Crippen LogP contribution in [0.5, 0.6) is 0 Å². The fourth-order valence-corrected chi connectivity index (χ4v) is 2.09. The zero-order chi connectivity index (χ0) is 20.6. The summed E-state index contributed by atoms with van der Waals surface area (Å²) >= 11 is 0. The number of carbonyl (C=O) groups is 4. The molecule has 148 valence electrons. The lowest BCUT2D eigenvalue weighted by atomic mass is 10.0. The molecule has 0 fully saturated rings. The number of alkyl halides is 1. The first-order valence-electron chi connectivity index (χ1n) is 7.98. The summed E-state index contributed by atoms with van der Waals surface area (Å²) in [6.45, 7) is 1.64. The Hall–Kier alpha value is -3.04. The Kier molecular flexibility index (Phi) is 8.31. The number of carboxylic acids is 1. The number of hydrogen-bond acceptors (Lipinski definition) is 5. The fraction of sp³-hybridized carbons (Fsp3) is 0.412. The summed E-state index contributed by atoms with van der Waals surface area (Å²) in [5.41, 5.74) is 0.0966. The minimum absolute atomic E-state index is 0.0966. The number of amides is 2. The van der Waals surface area contributed by atoms with Crippen LogP contribution in [0.25, 0.3) is 0 Å². The molecule has 27 heavy (non-hydrogen) atoms. The van der Waals surface area contributed by atoms with Crippen LogP contribution in [-0.2, 0) is 19.1 Å². The first-order chi connectivity index (χ1) is 12.6. The number of aliphatic carboxylic acids is 1. The van der Waals surface area contributed by atoms with E-state index in [1.807, 2.05) is 0 Å². The predicted octanol–water partition coefficient (Wildman–Crippen LogP) is 1.90. The van der Waals surface area contributed by atoms with E-state index in [1.165, 1.54) is 18.2 Å². The zero-order valence-electron chi connectivity index (χ0n) is 14.7. The number of hydrogen-bond donors (Lipinski definition) is 3. The number of benzene rings is 1. The van der Waals surface area contributed by atoms with E-state index in [0.29, 0.717) is 0 Å². The van der Waals surface area contributed by atoms with Crippen LogP contribution in [0.4, 0.5) is 19.3 Å². The fourth-order valence-electron chi connectivity index (χ4n) is 2.09. The van der Waals surface area contributed by atoms with Gasteiger partial charge in [-0.25, -0.2) is 13.6 Å². The second kappa shape index (κ2) is 10.2. The standard InChI is InChI=1S/C17H20F2N2O6/c1-9(2)15(16(25)21-12(7-14(23)24)13(22)8-18)27-17(26)20-11-5-3-4-10(19)6-11/h3-6,9,12,15H,7-8H2,1-2H3,(H,20,26)(H,21,25)(H,23,24). The Morgan fingerprint density at radius 1 is 1.22 bits per heavy atom. The molecule has 0 heterocycles. The average molecular weight is 386 g/mol. The Bertz CT molecular complexity index is 710. The van der Waals surface area contributed by atoms with Crippen molar-refractivity contribution < 1.29 is 37.8 Å². The van der Waals surface area contributed by atoms with Crippen molar-refractivity contribution in [1.29, 1.82) is 0 Å². The van der Waals surface area contributed by atoms with Crippen LogP contribution in [0, 0.1) is 11.7 Å². The number of rotatable bonds is 9. The number of nitrogens with one attached hydrogen (secondary N) is 2. The molecule has 0 spiro atoms. The maximum Gasteiger partial charge on any atom is 0.412 e. The van der Waals surface area contributed by atoms with Crippen molar-refractivity contribution in [2.24, 2.45) is 5.92 Å². The summed E-state index contributed by atoms with van der Waals surface area (Å²) in [7, 11) is 0. The molecule has 0 saturated heterocycles. The molecule has 8 nitrogen and oxygen atoms in total. The maximum atomic E-state index is 13.1. The molecular weight excluding hydrogens is 366 g/mol. The van der Waals surface area contributed by atoms with E-state index in [1.54, 1.807) is 13.8 Å². The van der Waals surface area contributed by atoms with E-state index >= 15 is 0 Å². The zero-order valence-corrected chi connectivity index (χ0v) is 14.7. The lowest BCUT2D eigenvalue weighted by Gasteiger charge is -2.23. The van der Waals surface area contributed by atoms with Gasteiger partial charge in [-0.2, -0.15) is 0 Å². The first-order valence-corrected chi connectivity index (χ1v) is 7.98. The van der Waals surface area contributed by atoms with Crippen molar-refractivity contribution in [2.75, 3.05) is 12.0 Å². The van der Waals surface area contributed by atoms with Crippen molar-refractivity contribution in [2.45, 2.75) is 32.4 Å². The lowest BCUT2D eigenvalue weighted by Crippen LogP contribution is -2.49. The van der Waals surface area contributed by atoms with Crippen LogP contribution in [0.3, 0.4) is 0 Å². The number of ether oxygens (including phenoxy) is 1. The number of carboxylic acid groups (broad SMARTS) is 1. The summed E-state index contributed by atoms with van der Waals surface area (Å²) in [6, 6.07) is 3.38. The van der Waals surface area contributed by atoms with Crippen LogP contribution >= 0.6 is 0 Å². The highest BCUT2D eigenvalue weighted by Gasteiger charge is 2.31. The van der Waals surface area contributed by atoms with Crippen LogP contribution in [0.2, 0.25) is 0 Å². The Balaban J connectivity index is 2.80. The number of anilines is 1. The second-order valence-corrected chi connectivity index (χ2v) is 5.96. The summed E-state index contributed by atoms with van der Waals surface area (Å²) in [5, 5.41) is 13.1. The van der Waals surface area contributed by atoms with Gasteiger partial charge in [0.1, 0.15) is 18.5 Å². The molecule has 2 amide bonds. The van der Waals surface area contributed by atoms with Crippen LogP contribution in [-0.4, -0.2) is 47.7 Å². The molecule has 0 radical (unpaired) electrons. The van der Waals surface area contributed by atoms with E-state index in [9.17, 15) is 28.0 Å². The summed E-state index contributed by atoms with van der Waals surface area (Å²) in [4.78, 5) is 46.5. The lowest BCUT2D eigenvalue weighted by molar-refractivity contribution is -0.141. The van der Waals surface area contributed by atoms with Crippen molar-refractivity contribution >= 4 is 29.4 Å². The van der Waals surface area contributed by atoms with Gasteiger partial charge in [-0.1, -0.05) is 19.9 Å². The van der Waals surface area contributed by atoms with Crippen LogP contribution in [0.15, 0.2) is 24.3 Å². The molecule has 3 N–H and O–H groups in total. The Morgan fingerprint density at radius 2 is 1.89 bits per heavy atom. The van der Waals surface area contributed by atoms with E-state index in [-0.39, 0.29) is 5.69 Å². The van der Waals surface area contributed by atoms with Gasteiger partial charge in [0.05, 0.1) is 6.42 Å². The highest BCUT2D eigenvalue weighted by Crippen LogP contribution is 2.13. The van der Waals surface area contributed by atoms with E-state index < -0.39 is 60.7 Å². The van der Waals surface area contributed by atoms with Gasteiger partial charge in [-0.15, -0.1) is 0 Å². The van der Waals surface area contributed by atoms with Gasteiger partial charge in [0.15, 0.2) is 11.9 Å². The van der Waals surface area contributed by atoms with Crippen LogP contribution in [0.1, 0.15) is 20.3 Å². The molecule has 2 atom stereocenters. The SMILES string of the molecule is CC(C)C(OC(=O)Nc1cccc(F)c1)C(=O)NC(CC(=O)O)C(=O)CF. The molecule has 1 aromatic rings. The smallest absolute Gasteiger partial charge is 0.412 e.